The number of morpholine rings is 1. The number of thioether (sulfide) groups is 1. The fraction of sp³-hybridized carbons (Fsp3) is 0.389. The van der Waals surface area contributed by atoms with Crippen molar-refractivity contribution >= 4 is 45.0 Å². The van der Waals surface area contributed by atoms with E-state index in [0.717, 1.165) is 0 Å². The van der Waals surface area contributed by atoms with E-state index in [0.29, 0.717) is 37.1 Å². The molecule has 2 aromatic rings. The van der Waals surface area contributed by atoms with E-state index in [1.54, 1.807) is 0 Å². The molecule has 3 rings (SSSR count). The van der Waals surface area contributed by atoms with Crippen LogP contribution in [0.2, 0.25) is 5.02 Å². The SMILES string of the molecule is CC(C)Sc1ncc(Cl)c(C(=O)Nc2ccc(S(=O)(=O)N3CCOCC3)cc2)n1. The molecule has 0 radical (unpaired) electrons. The lowest BCUT2D eigenvalue weighted by Crippen LogP contribution is -2.40. The summed E-state index contributed by atoms with van der Waals surface area (Å²) < 4.78 is 31.9. The number of anilines is 1. The highest BCUT2D eigenvalue weighted by atomic mass is 35.5. The standard InChI is InChI=1S/C18H21ClN4O4S2/c1-12(2)28-18-20-11-15(19)16(22-18)17(24)21-13-3-5-14(6-4-13)29(25,26)23-7-9-27-10-8-23/h3-6,11-12H,7-10H2,1-2H3,(H,21,24). The van der Waals surface area contributed by atoms with Gasteiger partial charge < -0.3 is 10.1 Å². The van der Waals surface area contributed by atoms with Gasteiger partial charge in [0.05, 0.1) is 29.3 Å². The average molecular weight is 457 g/mol. The van der Waals surface area contributed by atoms with Crippen LogP contribution < -0.4 is 5.32 Å². The number of sulfonamides is 1. The highest BCUT2D eigenvalue weighted by Gasteiger charge is 2.26. The third-order valence-electron chi connectivity index (χ3n) is 4.00. The van der Waals surface area contributed by atoms with Crippen molar-refractivity contribution in [2.45, 2.75) is 29.1 Å². The van der Waals surface area contributed by atoms with Crippen molar-refractivity contribution in [3.05, 3.63) is 41.2 Å². The van der Waals surface area contributed by atoms with E-state index < -0.39 is 15.9 Å². The number of carbonyl (C=O) groups excluding carboxylic acids is 1. The summed E-state index contributed by atoms with van der Waals surface area (Å²) >= 11 is 7.50. The summed E-state index contributed by atoms with van der Waals surface area (Å²) in [6, 6.07) is 5.98. The lowest BCUT2D eigenvalue weighted by molar-refractivity contribution is 0.0730. The van der Waals surface area contributed by atoms with Gasteiger partial charge in [-0.15, -0.1) is 0 Å². The van der Waals surface area contributed by atoms with Gasteiger partial charge in [0.1, 0.15) is 0 Å². The molecule has 11 heteroatoms. The number of ether oxygens (including phenoxy) is 1. The predicted molar refractivity (Wildman–Crippen MR) is 112 cm³/mol. The molecule has 1 N–H and O–H groups in total. The Balaban J connectivity index is 1.73. The Morgan fingerprint density at radius 1 is 1.24 bits per heavy atom. The van der Waals surface area contributed by atoms with Crippen LogP contribution in [-0.2, 0) is 14.8 Å². The molecule has 1 amide bonds. The summed E-state index contributed by atoms with van der Waals surface area (Å²) in [4.78, 5) is 21.1. The summed E-state index contributed by atoms with van der Waals surface area (Å²) in [5, 5.41) is 3.54. The van der Waals surface area contributed by atoms with Gasteiger partial charge in [-0.2, -0.15) is 4.31 Å². The Hall–Kier alpha value is -1.72. The van der Waals surface area contributed by atoms with E-state index in [1.807, 2.05) is 13.8 Å². The molecule has 1 aromatic heterocycles. The normalized spacial score (nSPS) is 15.4. The highest BCUT2D eigenvalue weighted by molar-refractivity contribution is 7.99. The van der Waals surface area contributed by atoms with E-state index in [4.69, 9.17) is 16.3 Å². The number of aromatic nitrogens is 2. The van der Waals surface area contributed by atoms with Crippen LogP contribution in [0.15, 0.2) is 40.5 Å². The first-order valence-corrected chi connectivity index (χ1v) is 11.7. The number of hydrogen-bond acceptors (Lipinski definition) is 7. The number of carbonyl (C=O) groups is 1. The molecule has 1 aliphatic heterocycles. The number of nitrogens with zero attached hydrogens (tertiary/aromatic N) is 3. The fourth-order valence-corrected chi connectivity index (χ4v) is 4.88. The molecule has 0 bridgehead atoms. The lowest BCUT2D eigenvalue weighted by atomic mass is 10.3. The van der Waals surface area contributed by atoms with Crippen LogP contribution in [0.4, 0.5) is 5.69 Å². The predicted octanol–water partition coefficient (Wildman–Crippen LogP) is 2.90. The molecule has 8 nitrogen and oxygen atoms in total. The van der Waals surface area contributed by atoms with Crippen LogP contribution >= 0.6 is 23.4 Å². The van der Waals surface area contributed by atoms with E-state index in [2.05, 4.69) is 15.3 Å². The van der Waals surface area contributed by atoms with Crippen LogP contribution in [0.5, 0.6) is 0 Å². The number of rotatable bonds is 6. The summed E-state index contributed by atoms with van der Waals surface area (Å²) in [6.07, 6.45) is 1.40. The van der Waals surface area contributed by atoms with Gasteiger partial charge in [-0.1, -0.05) is 37.2 Å². The minimum Gasteiger partial charge on any atom is -0.379 e. The Bertz CT molecular complexity index is 978. The number of hydrogen-bond donors (Lipinski definition) is 1. The summed E-state index contributed by atoms with van der Waals surface area (Å²) in [7, 11) is -3.59. The molecule has 1 aromatic carbocycles. The van der Waals surface area contributed by atoms with E-state index in [9.17, 15) is 13.2 Å². The molecule has 1 saturated heterocycles. The van der Waals surface area contributed by atoms with Gasteiger partial charge in [-0.25, -0.2) is 18.4 Å². The number of benzene rings is 1. The van der Waals surface area contributed by atoms with Crippen LogP contribution in [0, 0.1) is 0 Å². The van der Waals surface area contributed by atoms with Crippen molar-refractivity contribution < 1.29 is 17.9 Å². The molecule has 29 heavy (non-hydrogen) atoms. The maximum atomic E-state index is 12.7. The van der Waals surface area contributed by atoms with Gasteiger partial charge in [-0.05, 0) is 24.3 Å². The summed E-state index contributed by atoms with van der Waals surface area (Å²) in [6.45, 7) is 5.39. The molecular formula is C18H21ClN4O4S2. The zero-order chi connectivity index (χ0) is 21.0. The Kier molecular flexibility index (Phi) is 7.12. The third-order valence-corrected chi connectivity index (χ3v) is 7.07. The van der Waals surface area contributed by atoms with Gasteiger partial charge in [0, 0.05) is 24.0 Å². The zero-order valence-corrected chi connectivity index (χ0v) is 18.4. The van der Waals surface area contributed by atoms with Gasteiger partial charge in [-0.3, -0.25) is 4.79 Å². The molecule has 156 valence electrons. The van der Waals surface area contributed by atoms with E-state index >= 15 is 0 Å². The Morgan fingerprint density at radius 2 is 1.90 bits per heavy atom. The van der Waals surface area contributed by atoms with Gasteiger partial charge in [0.25, 0.3) is 5.91 Å². The lowest BCUT2D eigenvalue weighted by Gasteiger charge is -2.26. The minimum atomic E-state index is -3.59. The van der Waals surface area contributed by atoms with E-state index in [1.165, 1.54) is 46.5 Å². The Labute approximate surface area is 179 Å². The maximum Gasteiger partial charge on any atom is 0.275 e. The first kappa shape index (κ1) is 22.0. The van der Waals surface area contributed by atoms with Crippen molar-refractivity contribution in [1.29, 1.82) is 0 Å². The first-order chi connectivity index (χ1) is 13.8. The molecule has 0 saturated carbocycles. The van der Waals surface area contributed by atoms with Crippen LogP contribution in [0.25, 0.3) is 0 Å². The van der Waals surface area contributed by atoms with Gasteiger partial charge >= 0.3 is 0 Å². The average Bonchev–Trinajstić information content (AvgIpc) is 2.70. The molecule has 0 unspecified atom stereocenters. The smallest absolute Gasteiger partial charge is 0.275 e. The second-order valence-corrected chi connectivity index (χ2v) is 10.4. The molecule has 2 heterocycles. The van der Waals surface area contributed by atoms with Gasteiger partial charge in [0.15, 0.2) is 10.9 Å². The topological polar surface area (TPSA) is 101 Å². The van der Waals surface area contributed by atoms with Crippen molar-refractivity contribution in [2.75, 3.05) is 31.6 Å². The number of nitrogens with one attached hydrogen (secondary N) is 1. The number of halogens is 1. The summed E-state index contributed by atoms with van der Waals surface area (Å²) in [5.41, 5.74) is 0.499. The Morgan fingerprint density at radius 3 is 2.52 bits per heavy atom. The molecule has 0 spiro atoms. The third kappa shape index (κ3) is 5.46. The van der Waals surface area contributed by atoms with Crippen LogP contribution in [0.3, 0.4) is 0 Å². The monoisotopic (exact) mass is 456 g/mol. The van der Waals surface area contributed by atoms with Crippen LogP contribution in [-0.4, -0.2) is 60.2 Å². The van der Waals surface area contributed by atoms with Crippen LogP contribution in [0.1, 0.15) is 24.3 Å². The van der Waals surface area contributed by atoms with Gasteiger partial charge in [0.2, 0.25) is 10.0 Å². The van der Waals surface area contributed by atoms with E-state index in [-0.39, 0.29) is 20.9 Å². The molecule has 0 atom stereocenters. The largest absolute Gasteiger partial charge is 0.379 e. The molecule has 1 aliphatic rings. The number of amides is 1. The highest BCUT2D eigenvalue weighted by Crippen LogP contribution is 2.23. The molecule has 0 aliphatic carbocycles. The second kappa shape index (κ2) is 9.40. The van der Waals surface area contributed by atoms with Crippen molar-refractivity contribution in [3.8, 4) is 0 Å². The molecular weight excluding hydrogens is 436 g/mol. The first-order valence-electron chi connectivity index (χ1n) is 8.96. The van der Waals surface area contributed by atoms with Crippen molar-refractivity contribution in [1.82, 2.24) is 14.3 Å². The fourth-order valence-electron chi connectivity index (χ4n) is 2.61. The quantitative estimate of drug-likeness (QED) is 0.526. The minimum absolute atomic E-state index is 0.0647. The van der Waals surface area contributed by atoms with Crippen molar-refractivity contribution in [3.63, 3.8) is 0 Å². The zero-order valence-electron chi connectivity index (χ0n) is 16.0. The van der Waals surface area contributed by atoms with Crippen molar-refractivity contribution in [2.24, 2.45) is 0 Å². The molecule has 1 fully saturated rings. The summed E-state index contributed by atoms with van der Waals surface area (Å²) in [5.74, 6) is -0.494. The second-order valence-electron chi connectivity index (χ2n) is 6.51. The maximum absolute atomic E-state index is 12.7.